The first kappa shape index (κ1) is 11.9. The minimum atomic E-state index is -0.821. The molecule has 1 heterocycles. The normalized spacial score (nSPS) is 10.5. The van der Waals surface area contributed by atoms with Crippen LogP contribution in [0.1, 0.15) is 5.56 Å². The van der Waals surface area contributed by atoms with Gasteiger partial charge in [0.25, 0.3) is 0 Å². The lowest BCUT2D eigenvalue weighted by atomic mass is 10.2. The molecule has 3 nitrogen and oxygen atoms in total. The van der Waals surface area contributed by atoms with Crippen LogP contribution in [0.15, 0.2) is 46.5 Å². The highest BCUT2D eigenvalue weighted by Gasteiger charge is 2.07. The number of hydrogen-bond donors (Lipinski definition) is 0. The third-order valence-corrected chi connectivity index (χ3v) is 2.99. The smallest absolute Gasteiger partial charge is 0.309 e. The van der Waals surface area contributed by atoms with Gasteiger partial charge in [-0.3, -0.25) is 4.79 Å². The van der Waals surface area contributed by atoms with Gasteiger partial charge in [-0.1, -0.05) is 42.1 Å². The van der Waals surface area contributed by atoms with Crippen molar-refractivity contribution < 1.29 is 4.39 Å². The van der Waals surface area contributed by atoms with Crippen LogP contribution in [0.5, 0.6) is 0 Å². The van der Waals surface area contributed by atoms with Crippen molar-refractivity contribution in [2.75, 3.05) is 6.26 Å². The van der Waals surface area contributed by atoms with E-state index in [1.165, 1.54) is 18.0 Å². The van der Waals surface area contributed by atoms with E-state index in [9.17, 15) is 9.18 Å². The molecule has 5 heteroatoms. The molecule has 0 fully saturated rings. The first-order valence-electron chi connectivity index (χ1n) is 5.05. The van der Waals surface area contributed by atoms with Gasteiger partial charge in [0.1, 0.15) is 0 Å². The molecule has 1 aromatic carbocycles. The Morgan fingerprint density at radius 2 is 2.06 bits per heavy atom. The maximum atomic E-state index is 13.2. The summed E-state index contributed by atoms with van der Waals surface area (Å²) >= 11 is 1.32. The molecule has 17 heavy (non-hydrogen) atoms. The molecule has 0 unspecified atom stereocenters. The topological polar surface area (TPSA) is 34.9 Å². The van der Waals surface area contributed by atoms with Crippen LogP contribution in [0.3, 0.4) is 0 Å². The van der Waals surface area contributed by atoms with Gasteiger partial charge in [-0.05, 0) is 11.8 Å². The van der Waals surface area contributed by atoms with Crippen LogP contribution in [0.25, 0.3) is 0 Å². The highest BCUT2D eigenvalue weighted by molar-refractivity contribution is 7.98. The van der Waals surface area contributed by atoms with Gasteiger partial charge in [-0.2, -0.15) is 9.37 Å². The van der Waals surface area contributed by atoms with Crippen LogP contribution >= 0.6 is 11.8 Å². The Morgan fingerprint density at radius 3 is 2.71 bits per heavy atom. The van der Waals surface area contributed by atoms with Gasteiger partial charge >= 0.3 is 5.56 Å². The average Bonchev–Trinajstić information content (AvgIpc) is 2.35. The summed E-state index contributed by atoms with van der Waals surface area (Å²) < 4.78 is 14.8. The first-order valence-corrected chi connectivity index (χ1v) is 6.28. The van der Waals surface area contributed by atoms with E-state index < -0.39 is 11.4 Å². The maximum absolute atomic E-state index is 13.2. The lowest BCUT2D eigenvalue weighted by molar-refractivity contribution is 0.547. The Kier molecular flexibility index (Phi) is 3.58. The van der Waals surface area contributed by atoms with Crippen LogP contribution < -0.4 is 5.56 Å². The Bertz CT molecular complexity index is 568. The third kappa shape index (κ3) is 2.74. The summed E-state index contributed by atoms with van der Waals surface area (Å²) in [4.78, 5) is 14.8. The predicted molar refractivity (Wildman–Crippen MR) is 65.8 cm³/mol. The molecule has 0 bridgehead atoms. The summed E-state index contributed by atoms with van der Waals surface area (Å²) in [7, 11) is 0. The number of hydrogen-bond acceptors (Lipinski definition) is 3. The number of thioether (sulfide) groups is 1. The average molecular weight is 250 g/mol. The van der Waals surface area contributed by atoms with Gasteiger partial charge in [0.15, 0.2) is 5.16 Å². The summed E-state index contributed by atoms with van der Waals surface area (Å²) in [5.74, 6) is -0.821. The number of aromatic nitrogens is 2. The van der Waals surface area contributed by atoms with E-state index in [0.717, 1.165) is 5.56 Å². The number of benzene rings is 1. The van der Waals surface area contributed by atoms with E-state index in [0.29, 0.717) is 11.7 Å². The standard InChI is InChI=1S/C12H11FN2OS/c1-17-12-14-11(16)10(13)8-15(12)7-9-5-3-2-4-6-9/h2-6,8H,7H2,1H3. The van der Waals surface area contributed by atoms with Crippen molar-refractivity contribution in [1.29, 1.82) is 0 Å². The number of nitrogens with zero attached hydrogens (tertiary/aromatic N) is 2. The van der Waals surface area contributed by atoms with Gasteiger partial charge in [0, 0.05) is 12.7 Å². The summed E-state index contributed by atoms with van der Waals surface area (Å²) in [6.45, 7) is 0.501. The van der Waals surface area contributed by atoms with Crippen molar-refractivity contribution in [3.63, 3.8) is 0 Å². The zero-order chi connectivity index (χ0) is 12.3. The number of rotatable bonds is 3. The second-order valence-electron chi connectivity index (χ2n) is 3.49. The fraction of sp³-hybridized carbons (Fsp3) is 0.167. The van der Waals surface area contributed by atoms with E-state index in [-0.39, 0.29) is 0 Å². The fourth-order valence-electron chi connectivity index (χ4n) is 1.51. The zero-order valence-electron chi connectivity index (χ0n) is 9.26. The Hall–Kier alpha value is -1.62. The molecule has 0 saturated heterocycles. The summed E-state index contributed by atoms with van der Waals surface area (Å²) in [5.41, 5.74) is 0.228. The quantitative estimate of drug-likeness (QED) is 0.618. The maximum Gasteiger partial charge on any atom is 0.309 e. The summed E-state index contributed by atoms with van der Waals surface area (Å²) in [6.07, 6.45) is 3.01. The Balaban J connectivity index is 2.38. The van der Waals surface area contributed by atoms with Gasteiger partial charge in [0.2, 0.25) is 5.82 Å². The summed E-state index contributed by atoms with van der Waals surface area (Å²) in [6, 6.07) is 9.64. The zero-order valence-corrected chi connectivity index (χ0v) is 10.1. The molecule has 0 saturated carbocycles. The van der Waals surface area contributed by atoms with Crippen LogP contribution in [-0.4, -0.2) is 15.8 Å². The van der Waals surface area contributed by atoms with Crippen LogP contribution in [0.4, 0.5) is 4.39 Å². The van der Waals surface area contributed by atoms with E-state index >= 15 is 0 Å². The van der Waals surface area contributed by atoms with Gasteiger partial charge in [-0.25, -0.2) is 0 Å². The predicted octanol–water partition coefficient (Wildman–Crippen LogP) is 2.15. The van der Waals surface area contributed by atoms with E-state index in [1.54, 1.807) is 10.8 Å². The molecule has 0 aliphatic heterocycles. The highest BCUT2D eigenvalue weighted by Crippen LogP contribution is 2.12. The number of halogens is 1. The van der Waals surface area contributed by atoms with Crippen LogP contribution in [-0.2, 0) is 6.54 Å². The second kappa shape index (κ2) is 5.14. The van der Waals surface area contributed by atoms with Crippen molar-refractivity contribution in [2.24, 2.45) is 0 Å². The molecule has 0 radical (unpaired) electrons. The molecule has 2 rings (SSSR count). The van der Waals surface area contributed by atoms with Crippen molar-refractivity contribution in [1.82, 2.24) is 9.55 Å². The minimum Gasteiger partial charge on any atom is -0.320 e. The van der Waals surface area contributed by atoms with E-state index in [2.05, 4.69) is 4.98 Å². The fourth-order valence-corrected chi connectivity index (χ4v) is 2.03. The summed E-state index contributed by atoms with van der Waals surface area (Å²) in [5, 5.41) is 0.514. The van der Waals surface area contributed by atoms with Crippen molar-refractivity contribution in [2.45, 2.75) is 11.7 Å². The lowest BCUT2D eigenvalue weighted by Gasteiger charge is -2.10. The Labute approximate surface area is 102 Å². The lowest BCUT2D eigenvalue weighted by Crippen LogP contribution is -2.18. The van der Waals surface area contributed by atoms with Crippen molar-refractivity contribution in [3.8, 4) is 0 Å². The molecule has 0 atom stereocenters. The molecule has 0 spiro atoms. The van der Waals surface area contributed by atoms with Gasteiger partial charge in [-0.15, -0.1) is 0 Å². The highest BCUT2D eigenvalue weighted by atomic mass is 32.2. The molecule has 2 aromatic rings. The van der Waals surface area contributed by atoms with Crippen LogP contribution in [0.2, 0.25) is 0 Å². The molecule has 0 aliphatic carbocycles. The minimum absolute atomic E-state index is 0.501. The van der Waals surface area contributed by atoms with Gasteiger partial charge in [0.05, 0.1) is 0 Å². The van der Waals surface area contributed by atoms with Crippen LogP contribution in [0, 0.1) is 5.82 Å². The molecular weight excluding hydrogens is 239 g/mol. The molecule has 88 valence electrons. The van der Waals surface area contributed by atoms with Gasteiger partial charge < -0.3 is 4.57 Å². The molecular formula is C12H11FN2OS. The van der Waals surface area contributed by atoms with Crippen molar-refractivity contribution in [3.05, 3.63) is 58.3 Å². The Morgan fingerprint density at radius 1 is 1.35 bits per heavy atom. The monoisotopic (exact) mass is 250 g/mol. The molecule has 0 N–H and O–H groups in total. The van der Waals surface area contributed by atoms with E-state index in [4.69, 9.17) is 0 Å². The largest absolute Gasteiger partial charge is 0.320 e. The van der Waals surface area contributed by atoms with Crippen molar-refractivity contribution >= 4 is 11.8 Å². The molecule has 1 aromatic heterocycles. The SMILES string of the molecule is CSc1nc(=O)c(F)cn1Cc1ccccc1. The van der Waals surface area contributed by atoms with E-state index in [1.807, 2.05) is 30.3 Å². The first-order chi connectivity index (χ1) is 8.20. The third-order valence-electron chi connectivity index (χ3n) is 2.29. The molecule has 0 amide bonds. The second-order valence-corrected chi connectivity index (χ2v) is 4.27. The molecule has 0 aliphatic rings.